The maximum absolute atomic E-state index is 12.0. The van der Waals surface area contributed by atoms with Gasteiger partial charge < -0.3 is 4.74 Å². The first-order valence-corrected chi connectivity index (χ1v) is 6.81. The minimum absolute atomic E-state index is 0.319. The molecule has 0 aliphatic heterocycles. The summed E-state index contributed by atoms with van der Waals surface area (Å²) in [7, 11) is 0. The molecule has 0 rings (SSSR count). The Morgan fingerprint density at radius 2 is 1.94 bits per heavy atom. The topological polar surface area (TPSA) is 62.5 Å². The molecule has 0 saturated heterocycles. The van der Waals surface area contributed by atoms with Crippen LogP contribution in [-0.4, -0.2) is 20.6 Å². The van der Waals surface area contributed by atoms with E-state index < -0.39 is 17.1 Å². The first-order chi connectivity index (χ1) is 7.67. The molecule has 96 valence electrons. The van der Waals surface area contributed by atoms with Crippen molar-refractivity contribution >= 4 is 41.4 Å². The number of rotatable bonds is 4. The molecule has 0 radical (unpaired) electrons. The van der Waals surface area contributed by atoms with Crippen LogP contribution >= 0.6 is 31.9 Å². The van der Waals surface area contributed by atoms with Gasteiger partial charge in [-0.25, -0.2) is 9.79 Å². The summed E-state index contributed by atoms with van der Waals surface area (Å²) in [6, 6.07) is 1.95. The van der Waals surface area contributed by atoms with E-state index in [0.29, 0.717) is 16.4 Å². The monoisotopic (exact) mass is 366 g/mol. The first kappa shape index (κ1) is 16.6. The van der Waals surface area contributed by atoms with E-state index in [9.17, 15) is 10.1 Å². The zero-order valence-electron chi connectivity index (χ0n) is 10.4. The molecule has 0 aliphatic carbocycles. The van der Waals surface area contributed by atoms with Crippen molar-refractivity contribution in [1.29, 1.82) is 5.26 Å². The van der Waals surface area contributed by atoms with Crippen LogP contribution < -0.4 is 0 Å². The van der Waals surface area contributed by atoms with Crippen molar-refractivity contribution in [2.45, 2.75) is 51.7 Å². The molecule has 0 amide bonds. The molecule has 17 heavy (non-hydrogen) atoms. The zero-order chi connectivity index (χ0) is 13.7. The molecule has 0 aromatic carbocycles. The predicted octanol–water partition coefficient (Wildman–Crippen LogP) is 3.54. The molecule has 0 N–H and O–H groups in total. The number of nitriles is 1. The lowest BCUT2D eigenvalue weighted by atomic mass is 9.96. The van der Waals surface area contributed by atoms with Gasteiger partial charge >= 0.3 is 5.97 Å². The number of nitrogens with zero attached hydrogens (tertiary/aromatic N) is 2. The summed E-state index contributed by atoms with van der Waals surface area (Å²) in [5, 5.41) is 9.22. The normalized spacial score (nSPS) is 14.4. The number of carbonyl (C=O) groups is 1. The van der Waals surface area contributed by atoms with Gasteiger partial charge in [-0.3, -0.25) is 0 Å². The van der Waals surface area contributed by atoms with Crippen molar-refractivity contribution in [3.05, 3.63) is 0 Å². The quantitative estimate of drug-likeness (QED) is 0.563. The maximum Gasteiger partial charge on any atom is 0.349 e. The molecule has 1 atom stereocenters. The highest BCUT2D eigenvalue weighted by Crippen LogP contribution is 2.24. The SMILES string of the molecule is CCCC(C#N)(N=C(Br)Br)C(=O)OC(C)(C)C. The van der Waals surface area contributed by atoms with Crippen molar-refractivity contribution in [3.63, 3.8) is 0 Å². The van der Waals surface area contributed by atoms with Gasteiger partial charge in [0, 0.05) is 0 Å². The second kappa shape index (κ2) is 6.50. The zero-order valence-corrected chi connectivity index (χ0v) is 13.6. The third kappa shape index (κ3) is 5.64. The number of aliphatic imine (C=N–C) groups is 1. The van der Waals surface area contributed by atoms with Crippen molar-refractivity contribution < 1.29 is 9.53 Å². The van der Waals surface area contributed by atoms with Crippen LogP contribution in [-0.2, 0) is 9.53 Å². The Balaban J connectivity index is 5.26. The Morgan fingerprint density at radius 3 is 2.24 bits per heavy atom. The Morgan fingerprint density at radius 1 is 1.41 bits per heavy atom. The van der Waals surface area contributed by atoms with Crippen molar-refractivity contribution in [1.82, 2.24) is 0 Å². The Bertz CT molecular complexity index is 351. The van der Waals surface area contributed by atoms with Crippen LogP contribution in [0, 0.1) is 11.3 Å². The minimum Gasteiger partial charge on any atom is -0.457 e. The summed E-state index contributed by atoms with van der Waals surface area (Å²) >= 11 is 6.15. The van der Waals surface area contributed by atoms with E-state index in [1.54, 1.807) is 20.8 Å². The summed E-state index contributed by atoms with van der Waals surface area (Å²) in [6.07, 6.45) is 0.975. The molecule has 0 spiro atoms. The average molecular weight is 368 g/mol. The molecule has 6 heteroatoms. The number of ether oxygens (including phenoxy) is 1. The maximum atomic E-state index is 12.0. The van der Waals surface area contributed by atoms with Gasteiger partial charge in [-0.2, -0.15) is 5.26 Å². The van der Waals surface area contributed by atoms with Gasteiger partial charge in [0.25, 0.3) is 0 Å². The lowest BCUT2D eigenvalue weighted by molar-refractivity contribution is -0.159. The van der Waals surface area contributed by atoms with Gasteiger partial charge in [0.2, 0.25) is 5.54 Å². The molecular formula is C11H16Br2N2O2. The summed E-state index contributed by atoms with van der Waals surface area (Å²) in [5.74, 6) is -0.620. The second-order valence-electron chi connectivity index (χ2n) is 4.58. The van der Waals surface area contributed by atoms with Crippen LogP contribution in [0.1, 0.15) is 40.5 Å². The third-order valence-corrected chi connectivity index (χ3v) is 2.16. The fourth-order valence-corrected chi connectivity index (χ4v) is 1.80. The molecule has 0 bridgehead atoms. The van der Waals surface area contributed by atoms with Gasteiger partial charge in [-0.15, -0.1) is 0 Å². The van der Waals surface area contributed by atoms with Gasteiger partial charge in [0.05, 0.1) is 0 Å². The summed E-state index contributed by atoms with van der Waals surface area (Å²) < 4.78 is 5.56. The van der Waals surface area contributed by atoms with E-state index in [2.05, 4.69) is 36.9 Å². The third-order valence-electron chi connectivity index (χ3n) is 1.81. The molecule has 0 aromatic heterocycles. The van der Waals surface area contributed by atoms with Crippen LogP contribution in [0.2, 0.25) is 0 Å². The largest absolute Gasteiger partial charge is 0.457 e. The van der Waals surface area contributed by atoms with E-state index in [1.807, 2.05) is 13.0 Å². The van der Waals surface area contributed by atoms with Crippen LogP contribution in [0.3, 0.4) is 0 Å². The molecule has 0 aliphatic rings. The van der Waals surface area contributed by atoms with E-state index in [1.165, 1.54) is 0 Å². The minimum atomic E-state index is -1.48. The fourth-order valence-electron chi connectivity index (χ4n) is 1.20. The van der Waals surface area contributed by atoms with Gasteiger partial charge in [-0.05, 0) is 59.1 Å². The standard InChI is InChI=1S/C11H16Br2N2O2/c1-5-6-11(7-14,15-9(12)13)8(16)17-10(2,3)4/h5-6H2,1-4H3. The highest BCUT2D eigenvalue weighted by atomic mass is 79.9. The predicted molar refractivity (Wildman–Crippen MR) is 74.4 cm³/mol. The van der Waals surface area contributed by atoms with Crippen LogP contribution in [0.5, 0.6) is 0 Å². The van der Waals surface area contributed by atoms with Crippen molar-refractivity contribution in [2.24, 2.45) is 4.99 Å². The van der Waals surface area contributed by atoms with E-state index in [0.717, 1.165) is 0 Å². The molecule has 0 heterocycles. The van der Waals surface area contributed by atoms with E-state index >= 15 is 0 Å². The van der Waals surface area contributed by atoms with E-state index in [4.69, 9.17) is 4.74 Å². The lowest BCUT2D eigenvalue weighted by Gasteiger charge is -2.26. The molecular weight excluding hydrogens is 352 g/mol. The molecule has 0 fully saturated rings. The Kier molecular flexibility index (Phi) is 6.35. The summed E-state index contributed by atoms with van der Waals surface area (Å²) in [4.78, 5) is 16.1. The van der Waals surface area contributed by atoms with Gasteiger partial charge in [0.15, 0.2) is 0 Å². The summed E-state index contributed by atoms with van der Waals surface area (Å²) in [5.41, 5.74) is -2.12. The van der Waals surface area contributed by atoms with Crippen molar-refractivity contribution in [2.75, 3.05) is 0 Å². The van der Waals surface area contributed by atoms with E-state index in [-0.39, 0.29) is 0 Å². The highest BCUT2D eigenvalue weighted by molar-refractivity contribution is 9.39. The number of hydrogen-bond donors (Lipinski definition) is 0. The molecule has 0 saturated carbocycles. The average Bonchev–Trinajstić information content (AvgIpc) is 2.13. The number of hydrogen-bond acceptors (Lipinski definition) is 4. The number of esters is 1. The number of carbonyl (C=O) groups excluding carboxylic acids is 1. The van der Waals surface area contributed by atoms with Crippen LogP contribution in [0.4, 0.5) is 0 Å². The number of halogens is 2. The van der Waals surface area contributed by atoms with Crippen LogP contribution in [0.15, 0.2) is 4.99 Å². The fraction of sp³-hybridized carbons (Fsp3) is 0.727. The van der Waals surface area contributed by atoms with Crippen molar-refractivity contribution in [3.8, 4) is 6.07 Å². The van der Waals surface area contributed by atoms with Gasteiger partial charge in [0.1, 0.15) is 15.2 Å². The molecule has 4 nitrogen and oxygen atoms in total. The first-order valence-electron chi connectivity index (χ1n) is 5.22. The molecule has 0 aromatic rings. The highest BCUT2D eigenvalue weighted by Gasteiger charge is 2.41. The second-order valence-corrected chi connectivity index (χ2v) is 7.14. The van der Waals surface area contributed by atoms with Gasteiger partial charge in [-0.1, -0.05) is 13.3 Å². The smallest absolute Gasteiger partial charge is 0.349 e. The Hall–Kier alpha value is -0.410. The Labute approximate surface area is 119 Å². The van der Waals surface area contributed by atoms with Crippen LogP contribution in [0.25, 0.3) is 0 Å². The lowest BCUT2D eigenvalue weighted by Crippen LogP contribution is -2.41. The molecule has 1 unspecified atom stereocenters. The summed E-state index contributed by atoms with van der Waals surface area (Å²) in [6.45, 7) is 7.15.